The first-order valence-electron chi connectivity index (χ1n) is 12.8. The first-order valence-corrected chi connectivity index (χ1v) is 13.3. The van der Waals surface area contributed by atoms with Crippen LogP contribution in [0.25, 0.3) is 0 Å². The van der Waals surface area contributed by atoms with Crippen molar-refractivity contribution in [2.75, 3.05) is 6.61 Å². The Bertz CT molecular complexity index is 1190. The van der Waals surface area contributed by atoms with Gasteiger partial charge in [0.2, 0.25) is 0 Å². The highest BCUT2D eigenvalue weighted by Crippen LogP contribution is 2.39. The van der Waals surface area contributed by atoms with Gasteiger partial charge in [0.15, 0.2) is 0 Å². The molecule has 0 amide bonds. The first kappa shape index (κ1) is 28.3. The number of pyridine rings is 1. The van der Waals surface area contributed by atoms with E-state index >= 15 is 0 Å². The lowest BCUT2D eigenvalue weighted by Gasteiger charge is -2.35. The number of esters is 1. The number of hydrogen-bond acceptors (Lipinski definition) is 5. The summed E-state index contributed by atoms with van der Waals surface area (Å²) in [4.78, 5) is 16.4. The minimum absolute atomic E-state index is 0.145. The summed E-state index contributed by atoms with van der Waals surface area (Å²) in [7, 11) is 0. The maximum Gasteiger partial charge on any atom is 0.340 e. The Labute approximate surface area is 227 Å². The Hall–Kier alpha value is -3.23. The van der Waals surface area contributed by atoms with E-state index < -0.39 is 11.4 Å². The van der Waals surface area contributed by atoms with Crippen LogP contribution in [0.2, 0.25) is 0 Å². The minimum atomic E-state index is -0.516. The van der Waals surface area contributed by atoms with Gasteiger partial charge in [0.25, 0.3) is 0 Å². The predicted octanol–water partition coefficient (Wildman–Crippen LogP) is 7.42. The molecule has 0 N–H and O–H groups in total. The van der Waals surface area contributed by atoms with Crippen LogP contribution >= 0.6 is 12.6 Å². The number of aromatic nitrogens is 1. The Morgan fingerprint density at radius 1 is 1.24 bits per heavy atom. The molecule has 0 bridgehead atoms. The van der Waals surface area contributed by atoms with Crippen LogP contribution in [0.15, 0.2) is 96.1 Å². The number of carbonyl (C=O) groups is 1. The van der Waals surface area contributed by atoms with Crippen molar-refractivity contribution in [1.29, 1.82) is 0 Å². The van der Waals surface area contributed by atoms with E-state index in [2.05, 4.69) is 93.3 Å². The van der Waals surface area contributed by atoms with Crippen molar-refractivity contribution in [3.63, 3.8) is 0 Å². The fourth-order valence-corrected chi connectivity index (χ4v) is 4.87. The van der Waals surface area contributed by atoms with Crippen molar-refractivity contribution in [3.05, 3.63) is 102 Å². The van der Waals surface area contributed by atoms with E-state index in [0.717, 1.165) is 29.6 Å². The third-order valence-corrected chi connectivity index (χ3v) is 6.95. The molecule has 5 heteroatoms. The van der Waals surface area contributed by atoms with E-state index in [0.29, 0.717) is 30.3 Å². The standard InChI is InChI=1S/C32H37NO3S/c1-6-35-24(3)27-12-7-10-23(2)26(17-18-27)16-15-25-11-8-14-29(20-25)32(4,5)21-30(37)36-31(34)28-13-9-19-33-22-28/h7-9,11-13,17-20,22-23,29-30,37H,3,6,10,14,21H2,1-2,4-5H3. The summed E-state index contributed by atoms with van der Waals surface area (Å²) >= 11 is 4.57. The lowest BCUT2D eigenvalue weighted by atomic mass is 9.72. The molecule has 0 fully saturated rings. The lowest BCUT2D eigenvalue weighted by molar-refractivity contribution is 0.0369. The van der Waals surface area contributed by atoms with Crippen molar-refractivity contribution in [2.45, 2.75) is 52.4 Å². The van der Waals surface area contributed by atoms with Gasteiger partial charge in [-0.25, -0.2) is 4.79 Å². The summed E-state index contributed by atoms with van der Waals surface area (Å²) in [5.41, 5.74) is 2.82. The van der Waals surface area contributed by atoms with E-state index in [1.54, 1.807) is 18.3 Å². The third-order valence-electron chi connectivity index (χ3n) is 6.67. The second-order valence-electron chi connectivity index (χ2n) is 10.1. The van der Waals surface area contributed by atoms with Crippen molar-refractivity contribution in [1.82, 2.24) is 4.98 Å². The van der Waals surface area contributed by atoms with E-state index in [9.17, 15) is 4.79 Å². The number of rotatable bonds is 8. The first-order chi connectivity index (χ1) is 17.7. The zero-order valence-electron chi connectivity index (χ0n) is 22.2. The predicted molar refractivity (Wildman–Crippen MR) is 154 cm³/mol. The van der Waals surface area contributed by atoms with Crippen LogP contribution in [0.1, 0.15) is 57.3 Å². The third kappa shape index (κ3) is 8.40. The molecule has 3 rings (SSSR count). The molecule has 1 aromatic heterocycles. The van der Waals surface area contributed by atoms with E-state index in [1.165, 1.54) is 6.20 Å². The number of ether oxygens (including phenoxy) is 2. The molecule has 4 nitrogen and oxygen atoms in total. The molecule has 0 saturated heterocycles. The second-order valence-corrected chi connectivity index (χ2v) is 10.6. The van der Waals surface area contributed by atoms with Gasteiger partial charge in [-0.1, -0.05) is 75.6 Å². The highest BCUT2D eigenvalue weighted by Gasteiger charge is 2.32. The van der Waals surface area contributed by atoms with E-state index in [-0.39, 0.29) is 11.3 Å². The SMILES string of the molecule is C=C(OCC)C1=CC=C(C#CC2=CC(C(C)(C)CC(S)OC(=O)c3cccnc3)CC=C2)C(C)CC=C1. The fraction of sp³-hybridized carbons (Fsp3) is 0.375. The maximum atomic E-state index is 12.4. The highest BCUT2D eigenvalue weighted by molar-refractivity contribution is 7.80. The van der Waals surface area contributed by atoms with Crippen LogP contribution in [0.5, 0.6) is 0 Å². The van der Waals surface area contributed by atoms with Crippen molar-refractivity contribution in [2.24, 2.45) is 17.3 Å². The Morgan fingerprint density at radius 2 is 2.03 bits per heavy atom. The second kappa shape index (κ2) is 13.4. The number of hydrogen-bond donors (Lipinski definition) is 1. The molecule has 2 aliphatic rings. The molecule has 0 saturated carbocycles. The monoisotopic (exact) mass is 515 g/mol. The summed E-state index contributed by atoms with van der Waals surface area (Å²) in [5.74, 6) is 7.63. The molecule has 2 aliphatic carbocycles. The summed E-state index contributed by atoms with van der Waals surface area (Å²) in [6.45, 7) is 13.1. The van der Waals surface area contributed by atoms with Crippen molar-refractivity contribution >= 4 is 18.6 Å². The van der Waals surface area contributed by atoms with Crippen LogP contribution < -0.4 is 0 Å². The van der Waals surface area contributed by atoms with Crippen molar-refractivity contribution in [3.8, 4) is 11.8 Å². The van der Waals surface area contributed by atoms with E-state index in [1.807, 2.05) is 13.0 Å². The molecule has 3 unspecified atom stereocenters. The molecule has 0 aromatic carbocycles. The minimum Gasteiger partial charge on any atom is -0.494 e. The average molecular weight is 516 g/mol. The lowest BCUT2D eigenvalue weighted by Crippen LogP contribution is -2.29. The van der Waals surface area contributed by atoms with Gasteiger partial charge in [-0.2, -0.15) is 0 Å². The Morgan fingerprint density at radius 3 is 2.76 bits per heavy atom. The van der Waals surface area contributed by atoms with Crippen LogP contribution in [-0.2, 0) is 9.47 Å². The molecule has 0 spiro atoms. The average Bonchev–Trinajstić information content (AvgIpc) is 2.86. The van der Waals surface area contributed by atoms with Gasteiger partial charge in [0, 0.05) is 29.1 Å². The normalized spacial score (nSPS) is 20.2. The molecular weight excluding hydrogens is 478 g/mol. The van der Waals surface area contributed by atoms with E-state index in [4.69, 9.17) is 9.47 Å². The van der Waals surface area contributed by atoms with Crippen LogP contribution in [0, 0.1) is 29.1 Å². The van der Waals surface area contributed by atoms with Gasteiger partial charge < -0.3 is 9.47 Å². The molecule has 194 valence electrons. The molecule has 1 aromatic rings. The quantitative estimate of drug-likeness (QED) is 0.129. The number of thiol groups is 1. The fourth-order valence-electron chi connectivity index (χ4n) is 4.31. The zero-order chi connectivity index (χ0) is 26.8. The van der Waals surface area contributed by atoms with Gasteiger partial charge in [-0.05, 0) is 61.6 Å². The zero-order valence-corrected chi connectivity index (χ0v) is 23.1. The van der Waals surface area contributed by atoms with Gasteiger partial charge in [-0.15, -0.1) is 12.6 Å². The molecule has 37 heavy (non-hydrogen) atoms. The van der Waals surface area contributed by atoms with Crippen LogP contribution in [0.4, 0.5) is 0 Å². The Balaban J connectivity index is 1.70. The highest BCUT2D eigenvalue weighted by atomic mass is 32.1. The number of nitrogens with zero attached hydrogens (tertiary/aromatic N) is 1. The van der Waals surface area contributed by atoms with Crippen LogP contribution in [-0.4, -0.2) is 23.0 Å². The largest absolute Gasteiger partial charge is 0.494 e. The molecular formula is C32H37NO3S. The summed E-state index contributed by atoms with van der Waals surface area (Å²) in [5, 5.41) is 0. The van der Waals surface area contributed by atoms with Crippen LogP contribution in [0.3, 0.4) is 0 Å². The Kier molecular flexibility index (Phi) is 10.2. The van der Waals surface area contributed by atoms with Gasteiger partial charge in [0.05, 0.1) is 12.2 Å². The molecule has 0 aliphatic heterocycles. The number of allylic oxidation sites excluding steroid dienone is 9. The topological polar surface area (TPSA) is 48.4 Å². The van der Waals surface area contributed by atoms with Gasteiger partial charge in [0.1, 0.15) is 11.2 Å². The number of carbonyl (C=O) groups excluding carboxylic acids is 1. The summed E-state index contributed by atoms with van der Waals surface area (Å²) in [6, 6.07) is 3.40. The molecule has 3 atom stereocenters. The summed E-state index contributed by atoms with van der Waals surface area (Å²) in [6.07, 6.45) is 20.4. The van der Waals surface area contributed by atoms with Gasteiger partial charge >= 0.3 is 5.97 Å². The molecule has 1 heterocycles. The van der Waals surface area contributed by atoms with Crippen molar-refractivity contribution < 1.29 is 14.3 Å². The smallest absolute Gasteiger partial charge is 0.340 e. The van der Waals surface area contributed by atoms with Gasteiger partial charge in [-0.3, -0.25) is 4.98 Å². The summed E-state index contributed by atoms with van der Waals surface area (Å²) < 4.78 is 11.2. The maximum absolute atomic E-state index is 12.4. The molecule has 0 radical (unpaired) electrons.